The van der Waals surface area contributed by atoms with Gasteiger partial charge in [0.05, 0.1) is 0 Å². The van der Waals surface area contributed by atoms with E-state index in [1.165, 1.54) is 28.7 Å². The molecule has 1 atom stereocenters. The smallest absolute Gasteiger partial charge is 0.407 e. The minimum atomic E-state index is -0.469. The third kappa shape index (κ3) is 4.29. The molecule has 0 aliphatic heterocycles. The van der Waals surface area contributed by atoms with E-state index in [2.05, 4.69) is 29.6 Å². The summed E-state index contributed by atoms with van der Waals surface area (Å²) in [7, 11) is 0. The second kappa shape index (κ2) is 8.68. The number of nitrogens with two attached hydrogens (primary N) is 1. The summed E-state index contributed by atoms with van der Waals surface area (Å²) in [5.74, 6) is -0.0753. The standard InChI is InChI=1S/C24H28N2O3/c25-23(27)14-22(16-8-2-1-3-9-16)26-24(28)29-15-21-19-12-6-4-10-17(19)18-11-5-7-13-20(18)21/h4-7,10-13,16,21-22H,1-3,8-9,14-15H2,(H2,25,27)(H,26,28)/t22-/m1/s1. The Bertz CT molecular complexity index is 844. The summed E-state index contributed by atoms with van der Waals surface area (Å²) in [6.45, 7) is 0.272. The Balaban J connectivity index is 1.43. The fourth-order valence-electron chi connectivity index (χ4n) is 4.88. The largest absolute Gasteiger partial charge is 0.449 e. The molecule has 2 aromatic rings. The molecule has 0 aromatic heterocycles. The maximum absolute atomic E-state index is 12.6. The predicted octanol–water partition coefficient (Wildman–Crippen LogP) is 4.35. The van der Waals surface area contributed by atoms with Gasteiger partial charge >= 0.3 is 6.09 Å². The van der Waals surface area contributed by atoms with E-state index in [0.717, 1.165) is 25.7 Å². The molecule has 2 aliphatic carbocycles. The third-order valence-electron chi connectivity index (χ3n) is 6.29. The predicted molar refractivity (Wildman–Crippen MR) is 112 cm³/mol. The summed E-state index contributed by atoms with van der Waals surface area (Å²) in [6, 6.07) is 16.3. The van der Waals surface area contributed by atoms with Crippen LogP contribution in [-0.4, -0.2) is 24.6 Å². The minimum Gasteiger partial charge on any atom is -0.449 e. The van der Waals surface area contributed by atoms with Gasteiger partial charge in [0, 0.05) is 18.4 Å². The van der Waals surface area contributed by atoms with Crippen molar-refractivity contribution in [3.8, 4) is 11.1 Å². The molecule has 1 saturated carbocycles. The molecule has 152 valence electrons. The average Bonchev–Trinajstić information content (AvgIpc) is 3.06. The fraction of sp³-hybridized carbons (Fsp3) is 0.417. The first kappa shape index (κ1) is 19.5. The van der Waals surface area contributed by atoms with Gasteiger partial charge in [0.25, 0.3) is 0 Å². The van der Waals surface area contributed by atoms with Gasteiger partial charge in [0.2, 0.25) is 5.91 Å². The van der Waals surface area contributed by atoms with Crippen molar-refractivity contribution < 1.29 is 14.3 Å². The molecule has 5 nitrogen and oxygen atoms in total. The maximum Gasteiger partial charge on any atom is 0.407 e. The first-order valence-electron chi connectivity index (χ1n) is 10.5. The van der Waals surface area contributed by atoms with Gasteiger partial charge in [-0.2, -0.15) is 0 Å². The van der Waals surface area contributed by atoms with Crippen LogP contribution in [0.15, 0.2) is 48.5 Å². The first-order valence-corrected chi connectivity index (χ1v) is 10.5. The Morgan fingerprint density at radius 2 is 1.55 bits per heavy atom. The van der Waals surface area contributed by atoms with Crippen LogP contribution in [0.3, 0.4) is 0 Å². The van der Waals surface area contributed by atoms with Crippen molar-refractivity contribution in [2.45, 2.75) is 50.5 Å². The number of ether oxygens (including phenoxy) is 1. The quantitative estimate of drug-likeness (QED) is 0.767. The second-order valence-electron chi connectivity index (χ2n) is 8.14. The van der Waals surface area contributed by atoms with Gasteiger partial charge in [-0.25, -0.2) is 4.79 Å². The van der Waals surface area contributed by atoms with Crippen molar-refractivity contribution in [2.75, 3.05) is 6.61 Å². The molecule has 0 radical (unpaired) electrons. The Morgan fingerprint density at radius 1 is 0.966 bits per heavy atom. The Hall–Kier alpha value is -2.82. The molecular formula is C24H28N2O3. The van der Waals surface area contributed by atoms with E-state index in [0.29, 0.717) is 0 Å². The van der Waals surface area contributed by atoms with Crippen LogP contribution in [0.4, 0.5) is 4.79 Å². The van der Waals surface area contributed by atoms with Crippen molar-refractivity contribution in [3.05, 3.63) is 59.7 Å². The second-order valence-corrected chi connectivity index (χ2v) is 8.14. The number of primary amides is 1. The number of benzene rings is 2. The van der Waals surface area contributed by atoms with Crippen molar-refractivity contribution in [1.29, 1.82) is 0 Å². The van der Waals surface area contributed by atoms with E-state index in [1.54, 1.807) is 0 Å². The highest BCUT2D eigenvalue weighted by molar-refractivity contribution is 5.79. The summed E-state index contributed by atoms with van der Waals surface area (Å²) >= 11 is 0. The molecule has 2 amide bonds. The lowest BCUT2D eigenvalue weighted by Crippen LogP contribution is -2.44. The van der Waals surface area contributed by atoms with E-state index < -0.39 is 6.09 Å². The zero-order valence-electron chi connectivity index (χ0n) is 16.6. The van der Waals surface area contributed by atoms with Crippen LogP contribution < -0.4 is 11.1 Å². The molecule has 29 heavy (non-hydrogen) atoms. The number of hydrogen-bond acceptors (Lipinski definition) is 3. The molecule has 2 aliphatic rings. The number of carbonyl (C=O) groups is 2. The van der Waals surface area contributed by atoms with Gasteiger partial charge in [0.1, 0.15) is 6.61 Å². The fourth-order valence-corrected chi connectivity index (χ4v) is 4.88. The molecule has 0 spiro atoms. The van der Waals surface area contributed by atoms with E-state index >= 15 is 0 Å². The lowest BCUT2D eigenvalue weighted by Gasteiger charge is -2.30. The van der Waals surface area contributed by atoms with Gasteiger partial charge < -0.3 is 15.8 Å². The van der Waals surface area contributed by atoms with Crippen molar-refractivity contribution in [3.63, 3.8) is 0 Å². The lowest BCUT2D eigenvalue weighted by molar-refractivity contribution is -0.118. The van der Waals surface area contributed by atoms with E-state index in [-0.39, 0.29) is 36.8 Å². The zero-order chi connectivity index (χ0) is 20.2. The Morgan fingerprint density at radius 3 is 2.14 bits per heavy atom. The monoisotopic (exact) mass is 392 g/mol. The maximum atomic E-state index is 12.6. The minimum absolute atomic E-state index is 0.0254. The third-order valence-corrected chi connectivity index (χ3v) is 6.29. The SMILES string of the molecule is NC(=O)C[C@@H](NC(=O)OCC1c2ccccc2-c2ccccc21)C1CCCCC1. The lowest BCUT2D eigenvalue weighted by atomic mass is 9.82. The summed E-state index contributed by atoms with van der Waals surface area (Å²) in [6.07, 6.45) is 5.20. The molecule has 1 fully saturated rings. The van der Waals surface area contributed by atoms with Crippen molar-refractivity contribution in [1.82, 2.24) is 5.32 Å². The van der Waals surface area contributed by atoms with Gasteiger partial charge in [0.15, 0.2) is 0 Å². The van der Waals surface area contributed by atoms with Gasteiger partial charge in [-0.1, -0.05) is 67.8 Å². The summed E-state index contributed by atoms with van der Waals surface area (Å²) < 4.78 is 5.64. The number of alkyl carbamates (subject to hydrolysis) is 1. The molecule has 3 N–H and O–H groups in total. The Kier molecular flexibility index (Phi) is 5.84. The van der Waals surface area contributed by atoms with Gasteiger partial charge in [-0.15, -0.1) is 0 Å². The van der Waals surface area contributed by atoms with Crippen LogP contribution in [-0.2, 0) is 9.53 Å². The van der Waals surface area contributed by atoms with E-state index in [1.807, 2.05) is 24.3 Å². The summed E-state index contributed by atoms with van der Waals surface area (Å²) in [4.78, 5) is 24.1. The average molecular weight is 392 g/mol. The molecule has 2 aromatic carbocycles. The van der Waals surface area contributed by atoms with Gasteiger partial charge in [-0.3, -0.25) is 4.79 Å². The van der Waals surface area contributed by atoms with E-state index in [4.69, 9.17) is 10.5 Å². The van der Waals surface area contributed by atoms with Crippen LogP contribution >= 0.6 is 0 Å². The number of nitrogens with one attached hydrogen (secondary N) is 1. The highest BCUT2D eigenvalue weighted by Crippen LogP contribution is 2.44. The number of rotatable bonds is 6. The van der Waals surface area contributed by atoms with Crippen molar-refractivity contribution >= 4 is 12.0 Å². The first-order chi connectivity index (χ1) is 14.1. The van der Waals surface area contributed by atoms with Crippen LogP contribution in [0, 0.1) is 5.92 Å². The normalized spacial score (nSPS) is 17.2. The molecule has 0 heterocycles. The molecule has 0 bridgehead atoms. The number of hydrogen-bond donors (Lipinski definition) is 2. The van der Waals surface area contributed by atoms with Crippen LogP contribution in [0.5, 0.6) is 0 Å². The Labute approximate surface area is 171 Å². The molecule has 4 rings (SSSR count). The molecular weight excluding hydrogens is 364 g/mol. The molecule has 0 saturated heterocycles. The highest BCUT2D eigenvalue weighted by atomic mass is 16.5. The van der Waals surface area contributed by atoms with Crippen LogP contribution in [0.1, 0.15) is 55.6 Å². The van der Waals surface area contributed by atoms with Crippen LogP contribution in [0.25, 0.3) is 11.1 Å². The van der Waals surface area contributed by atoms with Crippen LogP contribution in [0.2, 0.25) is 0 Å². The number of carbonyl (C=O) groups excluding carboxylic acids is 2. The zero-order valence-corrected chi connectivity index (χ0v) is 16.6. The number of fused-ring (bicyclic) bond motifs is 3. The highest BCUT2D eigenvalue weighted by Gasteiger charge is 2.30. The number of amides is 2. The van der Waals surface area contributed by atoms with E-state index in [9.17, 15) is 9.59 Å². The van der Waals surface area contributed by atoms with Crippen molar-refractivity contribution in [2.24, 2.45) is 11.7 Å². The topological polar surface area (TPSA) is 81.4 Å². The summed E-state index contributed by atoms with van der Waals surface area (Å²) in [5.41, 5.74) is 10.2. The molecule has 5 heteroatoms. The summed E-state index contributed by atoms with van der Waals surface area (Å²) in [5, 5.41) is 2.93. The molecule has 0 unspecified atom stereocenters. The van der Waals surface area contributed by atoms with Gasteiger partial charge in [-0.05, 0) is 41.0 Å².